The van der Waals surface area contributed by atoms with Crippen molar-refractivity contribution in [3.63, 3.8) is 0 Å². The van der Waals surface area contributed by atoms with E-state index in [0.29, 0.717) is 29.2 Å². The van der Waals surface area contributed by atoms with Gasteiger partial charge in [0.05, 0.1) is 11.4 Å². The van der Waals surface area contributed by atoms with Gasteiger partial charge in [0, 0.05) is 24.5 Å². The number of carbonyl (C=O) groups is 1. The standard InChI is InChI=1S/C21H25N5OS/c1-14(2)11-23-19(27)13-28-21-25-24-20(17-6-5-7-22-12-17)26(21)18-9-15(3)8-16(4)10-18/h5-10,12,14H,11,13H2,1-4H3,(H,23,27). The SMILES string of the molecule is Cc1cc(C)cc(-n2c(SCC(=O)NCC(C)C)nnc2-c2cccnc2)c1. The minimum atomic E-state index is -0.00315. The summed E-state index contributed by atoms with van der Waals surface area (Å²) in [6.07, 6.45) is 3.50. The Morgan fingerprint density at radius 2 is 1.93 bits per heavy atom. The Balaban J connectivity index is 1.94. The second kappa shape index (κ2) is 9.01. The van der Waals surface area contributed by atoms with Crippen molar-refractivity contribution < 1.29 is 4.79 Å². The molecule has 2 aromatic heterocycles. The molecule has 3 aromatic rings. The van der Waals surface area contributed by atoms with Crippen LogP contribution in [-0.4, -0.2) is 38.0 Å². The van der Waals surface area contributed by atoms with Crippen molar-refractivity contribution >= 4 is 17.7 Å². The first-order valence-electron chi connectivity index (χ1n) is 9.28. The molecule has 0 unspecified atom stereocenters. The van der Waals surface area contributed by atoms with Crippen LogP contribution in [0.4, 0.5) is 0 Å². The highest BCUT2D eigenvalue weighted by Gasteiger charge is 2.18. The van der Waals surface area contributed by atoms with E-state index in [1.165, 1.54) is 11.8 Å². The van der Waals surface area contributed by atoms with Gasteiger partial charge in [-0.15, -0.1) is 10.2 Å². The third kappa shape index (κ3) is 4.98. The highest BCUT2D eigenvalue weighted by Crippen LogP contribution is 2.28. The molecule has 0 spiro atoms. The van der Waals surface area contributed by atoms with Crippen molar-refractivity contribution in [3.8, 4) is 17.1 Å². The molecule has 1 aromatic carbocycles. The molecule has 0 saturated carbocycles. The molecule has 2 heterocycles. The molecule has 1 N–H and O–H groups in total. The van der Waals surface area contributed by atoms with Crippen molar-refractivity contribution in [2.45, 2.75) is 32.9 Å². The molecule has 146 valence electrons. The number of amides is 1. The Labute approximate surface area is 169 Å². The lowest BCUT2D eigenvalue weighted by Crippen LogP contribution is -2.28. The molecule has 0 aliphatic carbocycles. The maximum Gasteiger partial charge on any atom is 0.230 e. The number of hydrogen-bond acceptors (Lipinski definition) is 5. The maximum atomic E-state index is 12.2. The largest absolute Gasteiger partial charge is 0.355 e. The summed E-state index contributed by atoms with van der Waals surface area (Å²) < 4.78 is 2.00. The molecule has 3 rings (SSSR count). The molecule has 0 saturated heterocycles. The van der Waals surface area contributed by atoms with E-state index in [-0.39, 0.29) is 5.91 Å². The highest BCUT2D eigenvalue weighted by atomic mass is 32.2. The topological polar surface area (TPSA) is 72.7 Å². The first-order valence-corrected chi connectivity index (χ1v) is 10.3. The van der Waals surface area contributed by atoms with Gasteiger partial charge < -0.3 is 5.32 Å². The number of aryl methyl sites for hydroxylation is 2. The van der Waals surface area contributed by atoms with E-state index >= 15 is 0 Å². The van der Waals surface area contributed by atoms with Gasteiger partial charge >= 0.3 is 0 Å². The van der Waals surface area contributed by atoms with Crippen molar-refractivity contribution in [1.82, 2.24) is 25.1 Å². The van der Waals surface area contributed by atoms with Gasteiger partial charge in [0.1, 0.15) is 0 Å². The van der Waals surface area contributed by atoms with E-state index in [2.05, 4.69) is 66.4 Å². The molecule has 0 bridgehead atoms. The number of aromatic nitrogens is 4. The van der Waals surface area contributed by atoms with Gasteiger partial charge in [-0.05, 0) is 55.2 Å². The predicted molar refractivity (Wildman–Crippen MR) is 113 cm³/mol. The van der Waals surface area contributed by atoms with Gasteiger partial charge in [0.15, 0.2) is 11.0 Å². The average Bonchev–Trinajstić information content (AvgIpc) is 3.08. The van der Waals surface area contributed by atoms with Gasteiger partial charge in [-0.25, -0.2) is 0 Å². The van der Waals surface area contributed by atoms with E-state index in [1.807, 2.05) is 16.7 Å². The van der Waals surface area contributed by atoms with Crippen LogP contribution in [0.3, 0.4) is 0 Å². The fraction of sp³-hybridized carbons (Fsp3) is 0.333. The monoisotopic (exact) mass is 395 g/mol. The number of thioether (sulfide) groups is 1. The zero-order chi connectivity index (χ0) is 20.1. The van der Waals surface area contributed by atoms with Gasteiger partial charge in [-0.3, -0.25) is 14.3 Å². The van der Waals surface area contributed by atoms with Crippen molar-refractivity contribution in [2.75, 3.05) is 12.3 Å². The molecule has 0 atom stereocenters. The van der Waals surface area contributed by atoms with Crippen LogP contribution in [0, 0.1) is 19.8 Å². The van der Waals surface area contributed by atoms with E-state index in [0.717, 1.165) is 22.4 Å². The zero-order valence-corrected chi connectivity index (χ0v) is 17.5. The summed E-state index contributed by atoms with van der Waals surface area (Å²) in [6, 6.07) is 10.2. The molecular weight excluding hydrogens is 370 g/mol. The lowest BCUT2D eigenvalue weighted by molar-refractivity contribution is -0.118. The lowest BCUT2D eigenvalue weighted by Gasteiger charge is -2.12. The maximum absolute atomic E-state index is 12.2. The Morgan fingerprint density at radius 1 is 1.18 bits per heavy atom. The molecule has 0 fully saturated rings. The fourth-order valence-corrected chi connectivity index (χ4v) is 3.64. The fourth-order valence-electron chi connectivity index (χ4n) is 2.86. The molecule has 1 amide bonds. The smallest absolute Gasteiger partial charge is 0.230 e. The molecule has 28 heavy (non-hydrogen) atoms. The van der Waals surface area contributed by atoms with E-state index < -0.39 is 0 Å². The first-order chi connectivity index (χ1) is 13.4. The average molecular weight is 396 g/mol. The van der Waals surface area contributed by atoms with Crippen molar-refractivity contribution in [1.29, 1.82) is 0 Å². The van der Waals surface area contributed by atoms with Crippen molar-refractivity contribution in [3.05, 3.63) is 53.9 Å². The van der Waals surface area contributed by atoms with E-state index in [1.54, 1.807) is 12.4 Å². The summed E-state index contributed by atoms with van der Waals surface area (Å²) in [5, 5.41) is 12.4. The Morgan fingerprint density at radius 3 is 2.57 bits per heavy atom. The number of rotatable bonds is 7. The number of pyridine rings is 1. The number of hydrogen-bond donors (Lipinski definition) is 1. The predicted octanol–water partition coefficient (Wildman–Crippen LogP) is 3.81. The first kappa shape index (κ1) is 20.1. The van der Waals surface area contributed by atoms with Gasteiger partial charge in [-0.2, -0.15) is 0 Å². The van der Waals surface area contributed by atoms with Crippen LogP contribution >= 0.6 is 11.8 Å². The number of nitrogens with zero attached hydrogens (tertiary/aromatic N) is 4. The Kier molecular flexibility index (Phi) is 6.46. The molecule has 0 aliphatic rings. The second-order valence-corrected chi connectivity index (χ2v) is 8.16. The Bertz CT molecular complexity index is 932. The van der Waals surface area contributed by atoms with Crippen LogP contribution in [0.5, 0.6) is 0 Å². The van der Waals surface area contributed by atoms with Crippen LogP contribution in [0.1, 0.15) is 25.0 Å². The molecule has 6 nitrogen and oxygen atoms in total. The van der Waals surface area contributed by atoms with E-state index in [9.17, 15) is 4.79 Å². The summed E-state index contributed by atoms with van der Waals surface area (Å²) in [5.74, 6) is 1.42. The summed E-state index contributed by atoms with van der Waals surface area (Å²) >= 11 is 1.39. The van der Waals surface area contributed by atoms with Crippen LogP contribution in [0.25, 0.3) is 17.1 Å². The minimum absolute atomic E-state index is 0.00315. The Hall–Kier alpha value is -2.67. The number of benzene rings is 1. The minimum Gasteiger partial charge on any atom is -0.355 e. The zero-order valence-electron chi connectivity index (χ0n) is 16.6. The van der Waals surface area contributed by atoms with Crippen LogP contribution in [-0.2, 0) is 4.79 Å². The highest BCUT2D eigenvalue weighted by molar-refractivity contribution is 7.99. The summed E-state index contributed by atoms with van der Waals surface area (Å²) in [7, 11) is 0. The number of nitrogens with one attached hydrogen (secondary N) is 1. The molecule has 0 radical (unpaired) electrons. The molecular formula is C21H25N5OS. The summed E-state index contributed by atoms with van der Waals surface area (Å²) in [6.45, 7) is 8.95. The molecule has 0 aliphatic heterocycles. The normalized spacial score (nSPS) is 11.0. The van der Waals surface area contributed by atoms with Crippen LogP contribution in [0.2, 0.25) is 0 Å². The van der Waals surface area contributed by atoms with Gasteiger partial charge in [0.25, 0.3) is 0 Å². The quantitative estimate of drug-likeness (QED) is 0.616. The number of carbonyl (C=O) groups excluding carboxylic acids is 1. The lowest BCUT2D eigenvalue weighted by atomic mass is 10.1. The third-order valence-electron chi connectivity index (χ3n) is 4.06. The third-order valence-corrected chi connectivity index (χ3v) is 4.99. The van der Waals surface area contributed by atoms with Crippen LogP contribution < -0.4 is 5.32 Å². The van der Waals surface area contributed by atoms with Gasteiger partial charge in [-0.1, -0.05) is 31.7 Å². The van der Waals surface area contributed by atoms with E-state index in [4.69, 9.17) is 0 Å². The second-order valence-electron chi connectivity index (χ2n) is 7.22. The van der Waals surface area contributed by atoms with Gasteiger partial charge in [0.2, 0.25) is 5.91 Å². The summed E-state index contributed by atoms with van der Waals surface area (Å²) in [4.78, 5) is 16.4. The van der Waals surface area contributed by atoms with Crippen molar-refractivity contribution in [2.24, 2.45) is 5.92 Å². The van der Waals surface area contributed by atoms with Crippen LogP contribution in [0.15, 0.2) is 47.9 Å². The molecule has 7 heteroatoms. The summed E-state index contributed by atoms with van der Waals surface area (Å²) in [5.41, 5.74) is 4.18.